The van der Waals surface area contributed by atoms with Crippen LogP contribution in [0.1, 0.15) is 38.4 Å². The number of nitrogens with zero attached hydrogens (tertiary/aromatic N) is 5. The number of aromatic hydroxyl groups is 1. The second-order valence-electron chi connectivity index (χ2n) is 9.04. The van der Waals surface area contributed by atoms with Gasteiger partial charge in [-0.1, -0.05) is 19.4 Å². The van der Waals surface area contributed by atoms with Gasteiger partial charge >= 0.3 is 0 Å². The number of aryl methyl sites for hydroxylation is 1. The summed E-state index contributed by atoms with van der Waals surface area (Å²) in [5.41, 5.74) is -1.17. The van der Waals surface area contributed by atoms with Crippen molar-refractivity contribution in [3.8, 4) is 23.1 Å². The monoisotopic (exact) mass is 562 g/mol. The summed E-state index contributed by atoms with van der Waals surface area (Å²) in [6, 6.07) is 4.96. The van der Waals surface area contributed by atoms with E-state index in [4.69, 9.17) is 9.47 Å². The molecule has 12 nitrogen and oxygen atoms in total. The minimum atomic E-state index is -4.19. The number of unbranched alkanes of at least 4 members (excludes halogenated alkanes) is 1. The van der Waals surface area contributed by atoms with E-state index in [0.717, 1.165) is 18.8 Å². The molecule has 1 aromatic carbocycles. The van der Waals surface area contributed by atoms with Crippen molar-refractivity contribution in [1.82, 2.24) is 19.5 Å². The van der Waals surface area contributed by atoms with Crippen LogP contribution in [0.25, 0.3) is 5.69 Å². The maximum absolute atomic E-state index is 13.8. The highest BCUT2D eigenvalue weighted by Crippen LogP contribution is 2.34. The number of methoxy groups -OCH3 is 2. The summed E-state index contributed by atoms with van der Waals surface area (Å²) in [6.07, 6.45) is 4.61. The molecule has 1 atom stereocenters. The number of halogens is 1. The molecule has 1 fully saturated rings. The van der Waals surface area contributed by atoms with Crippen LogP contribution in [0.15, 0.2) is 35.4 Å². The summed E-state index contributed by atoms with van der Waals surface area (Å²) < 4.78 is 54.6. The van der Waals surface area contributed by atoms with Gasteiger partial charge in [0.1, 0.15) is 23.0 Å². The van der Waals surface area contributed by atoms with E-state index in [1.54, 1.807) is 23.1 Å². The highest BCUT2D eigenvalue weighted by Gasteiger charge is 2.34. The Morgan fingerprint density at radius 1 is 1.18 bits per heavy atom. The molecule has 0 spiro atoms. The van der Waals surface area contributed by atoms with Gasteiger partial charge in [-0.25, -0.2) is 22.8 Å². The lowest BCUT2D eigenvalue weighted by molar-refractivity contribution is 0.388. The van der Waals surface area contributed by atoms with Crippen LogP contribution in [0.4, 0.5) is 16.0 Å². The van der Waals surface area contributed by atoms with Gasteiger partial charge in [0, 0.05) is 19.5 Å². The van der Waals surface area contributed by atoms with Crippen LogP contribution in [0, 0.1) is 5.82 Å². The molecule has 2 aromatic heterocycles. The molecule has 3 aromatic rings. The number of piperidine rings is 1. The molecule has 2 N–H and O–H groups in total. The molecule has 39 heavy (non-hydrogen) atoms. The van der Waals surface area contributed by atoms with Gasteiger partial charge < -0.3 is 19.5 Å². The molecule has 4 rings (SSSR count). The van der Waals surface area contributed by atoms with Gasteiger partial charge in [-0.3, -0.25) is 14.1 Å². The number of nitrogens with one attached hydrogen (secondary N) is 1. The fraction of sp³-hybridized carbons (Fsp3) is 0.440. The van der Waals surface area contributed by atoms with Gasteiger partial charge in [0.25, 0.3) is 5.56 Å². The summed E-state index contributed by atoms with van der Waals surface area (Å²) in [5.74, 6) is -0.297. The third-order valence-corrected chi connectivity index (χ3v) is 8.21. The number of hydrogen-bond acceptors (Lipinski definition) is 10. The van der Waals surface area contributed by atoms with Gasteiger partial charge in [0.15, 0.2) is 11.5 Å². The number of hydrogen-bond donors (Lipinski definition) is 2. The van der Waals surface area contributed by atoms with E-state index in [2.05, 4.69) is 19.7 Å². The number of benzene rings is 1. The number of para-hydroxylation sites is 1. The van der Waals surface area contributed by atoms with Crippen LogP contribution < -0.4 is 24.7 Å². The molecular weight excluding hydrogens is 531 g/mol. The molecule has 210 valence electrons. The zero-order chi connectivity index (χ0) is 28.2. The van der Waals surface area contributed by atoms with Crippen molar-refractivity contribution in [2.24, 2.45) is 0 Å². The van der Waals surface area contributed by atoms with Crippen LogP contribution >= 0.6 is 0 Å². The standard InChI is InChI=1S/C25H31FN6O6S/c1-4-5-11-20-29-23(33)21(24(34)32(20)22-18(37-2)9-6-10-19(22)38-3)30-39(35,36)17-8-7-12-31(15-17)25-27-13-16(26)14-28-25/h6,9-10,13-14,17,30,33H,4-5,7-8,11-12,15H2,1-3H3. The molecule has 1 aliphatic heterocycles. The van der Waals surface area contributed by atoms with Crippen LogP contribution in [-0.2, 0) is 16.4 Å². The first-order chi connectivity index (χ1) is 18.7. The largest absolute Gasteiger partial charge is 0.494 e. The first kappa shape index (κ1) is 28.1. The predicted molar refractivity (Wildman–Crippen MR) is 143 cm³/mol. The number of sulfonamides is 1. The second kappa shape index (κ2) is 11.8. The lowest BCUT2D eigenvalue weighted by Crippen LogP contribution is -2.45. The van der Waals surface area contributed by atoms with Crippen molar-refractivity contribution >= 4 is 21.7 Å². The minimum Gasteiger partial charge on any atom is -0.494 e. The Balaban J connectivity index is 1.75. The SMILES string of the molecule is CCCCc1nc(O)c(NS(=O)(=O)C2CCCN(c3ncc(F)cn3)C2)c(=O)n1-c1c(OC)cccc1OC. The molecular formula is C25H31FN6O6S. The van der Waals surface area contributed by atoms with E-state index < -0.39 is 38.2 Å². The molecule has 1 unspecified atom stereocenters. The van der Waals surface area contributed by atoms with Crippen molar-refractivity contribution in [2.75, 3.05) is 36.9 Å². The van der Waals surface area contributed by atoms with Crippen LogP contribution in [0.2, 0.25) is 0 Å². The zero-order valence-corrected chi connectivity index (χ0v) is 22.7. The molecule has 14 heteroatoms. The van der Waals surface area contributed by atoms with E-state index in [-0.39, 0.29) is 24.0 Å². The number of anilines is 2. The summed E-state index contributed by atoms with van der Waals surface area (Å²) in [5, 5.41) is 9.77. The highest BCUT2D eigenvalue weighted by atomic mass is 32.2. The van der Waals surface area contributed by atoms with E-state index >= 15 is 0 Å². The van der Waals surface area contributed by atoms with Gasteiger partial charge in [0.05, 0.1) is 31.9 Å². The van der Waals surface area contributed by atoms with Crippen molar-refractivity contribution < 1.29 is 27.4 Å². The average Bonchev–Trinajstić information content (AvgIpc) is 2.94. The number of ether oxygens (including phenoxy) is 2. The fourth-order valence-corrected chi connectivity index (χ4v) is 5.98. The Morgan fingerprint density at radius 3 is 2.46 bits per heavy atom. The first-order valence-electron chi connectivity index (χ1n) is 12.5. The number of rotatable bonds is 10. The second-order valence-corrected chi connectivity index (χ2v) is 11.0. The Labute approximate surface area is 225 Å². The maximum atomic E-state index is 13.8. The third kappa shape index (κ3) is 5.90. The molecule has 0 radical (unpaired) electrons. The van der Waals surface area contributed by atoms with Crippen molar-refractivity contribution in [2.45, 2.75) is 44.3 Å². The average molecular weight is 563 g/mol. The Hall–Kier alpha value is -3.94. The van der Waals surface area contributed by atoms with Gasteiger partial charge in [-0.05, 0) is 31.4 Å². The van der Waals surface area contributed by atoms with Crippen LogP contribution in [0.3, 0.4) is 0 Å². The van der Waals surface area contributed by atoms with Crippen LogP contribution in [-0.4, -0.2) is 65.6 Å². The van der Waals surface area contributed by atoms with E-state index in [0.29, 0.717) is 43.7 Å². The van der Waals surface area contributed by atoms with Crippen molar-refractivity contribution in [1.29, 1.82) is 0 Å². The molecule has 0 bridgehead atoms. The van der Waals surface area contributed by atoms with Crippen LogP contribution in [0.5, 0.6) is 17.4 Å². The summed E-state index contributed by atoms with van der Waals surface area (Å²) in [4.78, 5) is 27.6. The smallest absolute Gasteiger partial charge is 0.286 e. The lowest BCUT2D eigenvalue weighted by atomic mass is 10.1. The van der Waals surface area contributed by atoms with Crippen molar-refractivity contribution in [3.63, 3.8) is 0 Å². The van der Waals surface area contributed by atoms with E-state index in [1.807, 2.05) is 6.92 Å². The topological polar surface area (TPSA) is 149 Å². The van der Waals surface area contributed by atoms with Gasteiger partial charge in [0.2, 0.25) is 21.9 Å². The van der Waals surface area contributed by atoms with Crippen molar-refractivity contribution in [3.05, 3.63) is 52.6 Å². The Bertz CT molecular complexity index is 1460. The summed E-state index contributed by atoms with van der Waals surface area (Å²) >= 11 is 0. The summed E-state index contributed by atoms with van der Waals surface area (Å²) in [7, 11) is -1.31. The highest BCUT2D eigenvalue weighted by molar-refractivity contribution is 7.93. The summed E-state index contributed by atoms with van der Waals surface area (Å²) in [6.45, 7) is 2.47. The van der Waals surface area contributed by atoms with E-state index in [9.17, 15) is 22.7 Å². The molecule has 1 aliphatic rings. The molecule has 1 saturated heterocycles. The molecule has 3 heterocycles. The Kier molecular flexibility index (Phi) is 8.53. The normalized spacial score (nSPS) is 15.7. The zero-order valence-electron chi connectivity index (χ0n) is 21.9. The fourth-order valence-electron chi connectivity index (χ4n) is 4.49. The lowest BCUT2D eigenvalue weighted by Gasteiger charge is -2.32. The van der Waals surface area contributed by atoms with Gasteiger partial charge in [-0.2, -0.15) is 4.98 Å². The molecule has 0 amide bonds. The molecule has 0 saturated carbocycles. The maximum Gasteiger partial charge on any atom is 0.286 e. The molecule has 0 aliphatic carbocycles. The third-order valence-electron chi connectivity index (χ3n) is 6.46. The first-order valence-corrected chi connectivity index (χ1v) is 14.0. The van der Waals surface area contributed by atoms with E-state index in [1.165, 1.54) is 18.8 Å². The minimum absolute atomic E-state index is 0.0122. The quantitative estimate of drug-likeness (QED) is 0.378. The Morgan fingerprint density at radius 2 is 1.85 bits per heavy atom. The van der Waals surface area contributed by atoms with Gasteiger partial charge in [-0.15, -0.1) is 0 Å². The number of aromatic nitrogens is 4. The predicted octanol–water partition coefficient (Wildman–Crippen LogP) is 2.64.